The van der Waals surface area contributed by atoms with Crippen molar-refractivity contribution in [2.75, 3.05) is 65.9 Å². The molecule has 4 heterocycles. The normalized spacial score (nSPS) is 16.4. The van der Waals surface area contributed by atoms with Crippen LogP contribution in [0.15, 0.2) is 36.7 Å². The third kappa shape index (κ3) is 5.35. The van der Waals surface area contributed by atoms with Crippen molar-refractivity contribution in [2.45, 2.75) is 6.04 Å². The summed E-state index contributed by atoms with van der Waals surface area (Å²) in [7, 11) is 3.18. The van der Waals surface area contributed by atoms with E-state index in [1.165, 1.54) is 6.33 Å². The number of anilines is 1. The van der Waals surface area contributed by atoms with Crippen LogP contribution in [0.5, 0.6) is 11.5 Å². The van der Waals surface area contributed by atoms with Crippen LogP contribution >= 0.6 is 0 Å². The number of carbonyl (C=O) groups is 1. The lowest BCUT2D eigenvalue weighted by atomic mass is 10.1. The standard InChI is InChI=1S/C26H29N7O4/c1-35-20-12-18(13-21(14-20)36-2)5-6-22-24-25(27)28-17-29-26(24)33(30-22)19-15-32(16-19)23(34)4-3-7-31-8-10-37-11-9-31/h3-4,12-14,17,19H,7-11,15-16H2,1-2H3,(H2,27,28,29)/b4-3+. The number of hydrogen-bond donors (Lipinski definition) is 1. The fourth-order valence-corrected chi connectivity index (χ4v) is 4.33. The molecular formula is C26H29N7O4. The summed E-state index contributed by atoms with van der Waals surface area (Å²) in [6.45, 7) is 5.05. The van der Waals surface area contributed by atoms with Gasteiger partial charge in [0, 0.05) is 50.4 Å². The highest BCUT2D eigenvalue weighted by molar-refractivity contribution is 5.91. The van der Waals surface area contributed by atoms with Gasteiger partial charge in [-0.15, -0.1) is 0 Å². The molecule has 11 nitrogen and oxygen atoms in total. The number of nitrogens with zero attached hydrogens (tertiary/aromatic N) is 6. The maximum atomic E-state index is 12.6. The zero-order valence-electron chi connectivity index (χ0n) is 20.9. The summed E-state index contributed by atoms with van der Waals surface area (Å²) in [5.41, 5.74) is 7.97. The minimum Gasteiger partial charge on any atom is -0.497 e. The molecule has 11 heteroatoms. The van der Waals surface area contributed by atoms with Gasteiger partial charge in [0.05, 0.1) is 38.9 Å². The molecule has 2 saturated heterocycles. The van der Waals surface area contributed by atoms with E-state index < -0.39 is 0 Å². The number of likely N-dealkylation sites (tertiary alicyclic amines) is 1. The molecule has 2 N–H and O–H groups in total. The minimum absolute atomic E-state index is 0.0119. The number of morpholine rings is 1. The van der Waals surface area contributed by atoms with Crippen LogP contribution in [0.2, 0.25) is 0 Å². The molecule has 0 radical (unpaired) electrons. The van der Waals surface area contributed by atoms with Crippen LogP contribution in [-0.2, 0) is 9.53 Å². The number of aromatic nitrogens is 4. The molecule has 0 saturated carbocycles. The number of nitrogens with two attached hydrogens (primary N) is 1. The van der Waals surface area contributed by atoms with Gasteiger partial charge >= 0.3 is 0 Å². The van der Waals surface area contributed by atoms with E-state index in [-0.39, 0.29) is 11.9 Å². The number of benzene rings is 1. The Labute approximate surface area is 214 Å². The largest absolute Gasteiger partial charge is 0.497 e. The van der Waals surface area contributed by atoms with E-state index in [4.69, 9.17) is 25.0 Å². The first-order valence-electron chi connectivity index (χ1n) is 12.0. The lowest BCUT2D eigenvalue weighted by Gasteiger charge is -2.38. The topological polar surface area (TPSA) is 121 Å². The molecule has 2 fully saturated rings. The summed E-state index contributed by atoms with van der Waals surface area (Å²) in [5, 5.41) is 5.31. The average Bonchev–Trinajstić information content (AvgIpc) is 3.26. The van der Waals surface area contributed by atoms with E-state index >= 15 is 0 Å². The van der Waals surface area contributed by atoms with Gasteiger partial charge in [0.1, 0.15) is 29.3 Å². The Balaban J connectivity index is 1.32. The molecular weight excluding hydrogens is 474 g/mol. The number of carbonyl (C=O) groups excluding carboxylic acids is 1. The van der Waals surface area contributed by atoms with Crippen molar-refractivity contribution in [2.24, 2.45) is 0 Å². The lowest BCUT2D eigenvalue weighted by Crippen LogP contribution is -2.50. The predicted octanol–water partition coefficient (Wildman–Crippen LogP) is 1.10. The fraction of sp³-hybridized carbons (Fsp3) is 0.385. The van der Waals surface area contributed by atoms with Gasteiger partial charge in [-0.1, -0.05) is 12.0 Å². The van der Waals surface area contributed by atoms with Crippen LogP contribution in [0.1, 0.15) is 17.3 Å². The van der Waals surface area contributed by atoms with E-state index in [0.717, 1.165) is 32.8 Å². The molecule has 1 amide bonds. The Morgan fingerprint density at radius 3 is 2.57 bits per heavy atom. The first kappa shape index (κ1) is 24.5. The molecule has 2 aromatic heterocycles. The Kier molecular flexibility index (Phi) is 7.20. The number of rotatable bonds is 6. The SMILES string of the molecule is COc1cc(C#Cc2nn(C3CN(C(=O)/C=C/CN4CCOCC4)C3)c3ncnc(N)c23)cc(OC)c1. The Bertz CT molecular complexity index is 1360. The van der Waals surface area contributed by atoms with Crippen LogP contribution in [0, 0.1) is 11.8 Å². The molecule has 192 valence electrons. The van der Waals surface area contributed by atoms with E-state index in [9.17, 15) is 4.79 Å². The number of methoxy groups -OCH3 is 2. The van der Waals surface area contributed by atoms with Crippen molar-refractivity contribution in [3.8, 4) is 23.3 Å². The molecule has 37 heavy (non-hydrogen) atoms. The van der Waals surface area contributed by atoms with Crippen molar-refractivity contribution < 1.29 is 19.0 Å². The van der Waals surface area contributed by atoms with Gasteiger partial charge in [-0.3, -0.25) is 9.69 Å². The molecule has 5 rings (SSSR count). The maximum Gasteiger partial charge on any atom is 0.246 e. The third-order valence-corrected chi connectivity index (χ3v) is 6.44. The second kappa shape index (κ2) is 10.9. The van der Waals surface area contributed by atoms with Crippen molar-refractivity contribution in [3.63, 3.8) is 0 Å². The van der Waals surface area contributed by atoms with E-state index in [1.807, 2.05) is 18.2 Å². The van der Waals surface area contributed by atoms with Gasteiger partial charge in [0.15, 0.2) is 5.65 Å². The molecule has 3 aromatic rings. The van der Waals surface area contributed by atoms with Gasteiger partial charge in [0.25, 0.3) is 0 Å². The summed E-state index contributed by atoms with van der Waals surface area (Å²) in [6, 6.07) is 5.39. The molecule has 0 atom stereocenters. The first-order chi connectivity index (χ1) is 18.1. The second-order valence-electron chi connectivity index (χ2n) is 8.81. The van der Waals surface area contributed by atoms with Gasteiger partial charge < -0.3 is 24.8 Å². The molecule has 0 bridgehead atoms. The predicted molar refractivity (Wildman–Crippen MR) is 137 cm³/mol. The van der Waals surface area contributed by atoms with Crippen molar-refractivity contribution >= 4 is 22.8 Å². The highest BCUT2D eigenvalue weighted by Gasteiger charge is 2.33. The Hall–Kier alpha value is -4.14. The maximum absolute atomic E-state index is 12.6. The monoisotopic (exact) mass is 503 g/mol. The summed E-state index contributed by atoms with van der Waals surface area (Å²) in [5.74, 6) is 7.79. The van der Waals surface area contributed by atoms with Gasteiger partial charge in [-0.25, -0.2) is 14.6 Å². The van der Waals surface area contributed by atoms with E-state index in [1.54, 1.807) is 35.9 Å². The number of nitrogen functional groups attached to an aromatic ring is 1. The van der Waals surface area contributed by atoms with Crippen LogP contribution < -0.4 is 15.2 Å². The van der Waals surface area contributed by atoms with Gasteiger partial charge in [0.2, 0.25) is 5.91 Å². The van der Waals surface area contributed by atoms with E-state index in [0.29, 0.717) is 52.7 Å². The zero-order chi connectivity index (χ0) is 25.8. The van der Waals surface area contributed by atoms with Crippen molar-refractivity contribution in [3.05, 3.63) is 47.9 Å². The molecule has 1 aromatic carbocycles. The second-order valence-corrected chi connectivity index (χ2v) is 8.81. The molecule has 0 unspecified atom stereocenters. The fourth-order valence-electron chi connectivity index (χ4n) is 4.33. The number of hydrogen-bond acceptors (Lipinski definition) is 9. The number of amides is 1. The summed E-state index contributed by atoms with van der Waals surface area (Å²) < 4.78 is 17.8. The Morgan fingerprint density at radius 2 is 1.86 bits per heavy atom. The highest BCUT2D eigenvalue weighted by Crippen LogP contribution is 2.28. The smallest absolute Gasteiger partial charge is 0.246 e. The van der Waals surface area contributed by atoms with Crippen molar-refractivity contribution in [1.29, 1.82) is 0 Å². The summed E-state index contributed by atoms with van der Waals surface area (Å²) in [4.78, 5) is 25.2. The molecule has 0 spiro atoms. The van der Waals surface area contributed by atoms with Crippen LogP contribution in [-0.4, -0.2) is 95.6 Å². The molecule has 0 aliphatic carbocycles. The average molecular weight is 504 g/mol. The summed E-state index contributed by atoms with van der Waals surface area (Å²) >= 11 is 0. The number of fused-ring (bicyclic) bond motifs is 1. The van der Waals surface area contributed by atoms with Crippen LogP contribution in [0.4, 0.5) is 5.82 Å². The molecule has 2 aliphatic heterocycles. The summed E-state index contributed by atoms with van der Waals surface area (Å²) in [6.07, 6.45) is 4.97. The van der Waals surface area contributed by atoms with Crippen molar-refractivity contribution in [1.82, 2.24) is 29.5 Å². The quantitative estimate of drug-likeness (QED) is 0.389. The molecule has 2 aliphatic rings. The van der Waals surface area contributed by atoms with E-state index in [2.05, 4.69) is 26.7 Å². The minimum atomic E-state index is -0.0270. The van der Waals surface area contributed by atoms with Crippen LogP contribution in [0.25, 0.3) is 11.0 Å². The highest BCUT2D eigenvalue weighted by atomic mass is 16.5. The van der Waals surface area contributed by atoms with Crippen LogP contribution in [0.3, 0.4) is 0 Å². The number of ether oxygens (including phenoxy) is 3. The third-order valence-electron chi connectivity index (χ3n) is 6.44. The lowest BCUT2D eigenvalue weighted by molar-refractivity contribution is -0.131. The van der Waals surface area contributed by atoms with Gasteiger partial charge in [-0.05, 0) is 18.1 Å². The zero-order valence-corrected chi connectivity index (χ0v) is 20.9. The first-order valence-corrected chi connectivity index (χ1v) is 12.0. The Morgan fingerprint density at radius 1 is 1.14 bits per heavy atom. The van der Waals surface area contributed by atoms with Gasteiger partial charge in [-0.2, -0.15) is 5.10 Å².